The summed E-state index contributed by atoms with van der Waals surface area (Å²) in [5, 5.41) is 20.1. The normalized spacial score (nSPS) is 27.3. The maximum absolute atomic E-state index is 12.2. The summed E-state index contributed by atoms with van der Waals surface area (Å²) in [6, 6.07) is 5.09. The number of carbonyl (C=O) groups is 2. The molecule has 1 fully saturated rings. The molecule has 0 bridgehead atoms. The van der Waals surface area contributed by atoms with E-state index < -0.39 is 42.6 Å². The quantitative estimate of drug-likeness (QED) is 0.527. The lowest BCUT2D eigenvalue weighted by Crippen LogP contribution is -2.59. The molecule has 0 saturated carbocycles. The molecule has 0 aliphatic carbocycles. The fourth-order valence-electron chi connectivity index (χ4n) is 2.79. The Bertz CT molecular complexity index is 730. The summed E-state index contributed by atoms with van der Waals surface area (Å²) in [7, 11) is 3.02. The zero-order valence-electron chi connectivity index (χ0n) is 16.0. The van der Waals surface area contributed by atoms with Gasteiger partial charge in [-0.15, -0.1) is 0 Å². The third-order valence-corrected chi connectivity index (χ3v) is 4.14. The number of aliphatic hydroxyl groups is 2. The van der Waals surface area contributed by atoms with E-state index in [1.807, 2.05) is 0 Å². The molecule has 1 saturated heterocycles. The van der Waals surface area contributed by atoms with Gasteiger partial charge in [-0.2, -0.15) is 0 Å². The van der Waals surface area contributed by atoms with Crippen LogP contribution < -0.4 is 9.47 Å². The number of carbonyl (C=O) groups excluding carboxylic acids is 2. The largest absolute Gasteiger partial charge is 0.493 e. The van der Waals surface area contributed by atoms with Gasteiger partial charge in [0.15, 0.2) is 30.0 Å². The Morgan fingerprint density at radius 1 is 1.07 bits per heavy atom. The van der Waals surface area contributed by atoms with Gasteiger partial charge in [0.25, 0.3) is 0 Å². The second-order valence-corrected chi connectivity index (χ2v) is 6.15. The van der Waals surface area contributed by atoms with Crippen molar-refractivity contribution in [2.24, 2.45) is 0 Å². The van der Waals surface area contributed by atoms with Crippen LogP contribution in [0.25, 0.3) is 6.08 Å². The molecule has 0 radical (unpaired) electrons. The molecule has 9 nitrogen and oxygen atoms in total. The van der Waals surface area contributed by atoms with Crippen LogP contribution in [-0.2, 0) is 23.8 Å². The van der Waals surface area contributed by atoms with E-state index in [-0.39, 0.29) is 0 Å². The molecule has 0 aromatic heterocycles. The fourth-order valence-corrected chi connectivity index (χ4v) is 2.79. The van der Waals surface area contributed by atoms with Crippen molar-refractivity contribution in [2.75, 3.05) is 14.2 Å². The first-order chi connectivity index (χ1) is 13.3. The standard InChI is InChI=1S/C19H24O9/c1-10-17(16(22)18(19(23)26-10)27-11(2)20)28-15(21)8-6-12-5-7-13(24-3)14(9-12)25-4/h5-10,16-19,22-23H,1-4H3/b8-6+/t10-,16+,17-,18+,19+/m0/s1. The molecule has 9 heteroatoms. The van der Waals surface area contributed by atoms with Gasteiger partial charge in [-0.3, -0.25) is 4.79 Å². The van der Waals surface area contributed by atoms with Crippen LogP contribution in [0.3, 0.4) is 0 Å². The molecule has 1 aromatic rings. The lowest BCUT2D eigenvalue weighted by Gasteiger charge is -2.40. The van der Waals surface area contributed by atoms with Crippen molar-refractivity contribution in [3.05, 3.63) is 29.8 Å². The van der Waals surface area contributed by atoms with Crippen molar-refractivity contribution in [1.29, 1.82) is 0 Å². The van der Waals surface area contributed by atoms with Gasteiger partial charge in [-0.05, 0) is 30.7 Å². The minimum atomic E-state index is -1.52. The average Bonchev–Trinajstić information content (AvgIpc) is 2.66. The molecule has 5 atom stereocenters. The summed E-state index contributed by atoms with van der Waals surface area (Å²) in [6.07, 6.45) is -3.59. The fraction of sp³-hybridized carbons (Fsp3) is 0.474. The van der Waals surface area contributed by atoms with Gasteiger partial charge in [0.1, 0.15) is 6.10 Å². The summed E-state index contributed by atoms with van der Waals surface area (Å²) in [4.78, 5) is 23.3. The van der Waals surface area contributed by atoms with Crippen LogP contribution in [0.4, 0.5) is 0 Å². The highest BCUT2D eigenvalue weighted by Crippen LogP contribution is 2.28. The van der Waals surface area contributed by atoms with E-state index in [4.69, 9.17) is 23.7 Å². The lowest BCUT2D eigenvalue weighted by molar-refractivity contribution is -0.284. The predicted octanol–water partition coefficient (Wildman–Crippen LogP) is 0.658. The van der Waals surface area contributed by atoms with Gasteiger partial charge in [0.05, 0.1) is 20.3 Å². The van der Waals surface area contributed by atoms with Gasteiger partial charge in [0.2, 0.25) is 0 Å². The Morgan fingerprint density at radius 2 is 1.75 bits per heavy atom. The van der Waals surface area contributed by atoms with Crippen LogP contribution in [0.5, 0.6) is 11.5 Å². The van der Waals surface area contributed by atoms with E-state index in [0.29, 0.717) is 17.1 Å². The summed E-state index contributed by atoms with van der Waals surface area (Å²) in [6.45, 7) is 2.65. The van der Waals surface area contributed by atoms with Crippen LogP contribution in [0.2, 0.25) is 0 Å². The maximum Gasteiger partial charge on any atom is 0.331 e. The molecular formula is C19H24O9. The summed E-state index contributed by atoms with van der Waals surface area (Å²) < 4.78 is 25.6. The Morgan fingerprint density at radius 3 is 2.36 bits per heavy atom. The minimum absolute atomic E-state index is 0.501. The van der Waals surface area contributed by atoms with Crippen molar-refractivity contribution < 1.29 is 43.5 Å². The number of benzene rings is 1. The van der Waals surface area contributed by atoms with E-state index in [0.717, 1.165) is 6.92 Å². The summed E-state index contributed by atoms with van der Waals surface area (Å²) in [5.41, 5.74) is 0.663. The number of methoxy groups -OCH3 is 2. The van der Waals surface area contributed by atoms with Gasteiger partial charge >= 0.3 is 11.9 Å². The molecule has 2 N–H and O–H groups in total. The SMILES string of the molecule is COc1ccc(/C=C/C(=O)O[C@@H]2[C@@H](O)[C@@H](OC(C)=O)[C@H](O)O[C@H]2C)cc1OC. The van der Waals surface area contributed by atoms with E-state index in [2.05, 4.69) is 0 Å². The second kappa shape index (κ2) is 9.54. The van der Waals surface area contributed by atoms with E-state index in [1.165, 1.54) is 33.3 Å². The molecule has 2 rings (SSSR count). The Hall–Kier alpha value is -2.62. The van der Waals surface area contributed by atoms with Crippen LogP contribution in [0.15, 0.2) is 24.3 Å². The molecule has 154 valence electrons. The highest BCUT2D eigenvalue weighted by atomic mass is 16.7. The van der Waals surface area contributed by atoms with E-state index in [1.54, 1.807) is 18.2 Å². The number of esters is 2. The van der Waals surface area contributed by atoms with Crippen molar-refractivity contribution in [1.82, 2.24) is 0 Å². The molecule has 1 heterocycles. The van der Waals surface area contributed by atoms with Gasteiger partial charge in [-0.1, -0.05) is 6.07 Å². The molecule has 1 aliphatic heterocycles. The van der Waals surface area contributed by atoms with Crippen LogP contribution >= 0.6 is 0 Å². The van der Waals surface area contributed by atoms with Crippen LogP contribution in [-0.4, -0.2) is 67.1 Å². The first kappa shape index (κ1) is 21.7. The van der Waals surface area contributed by atoms with Crippen LogP contribution in [0.1, 0.15) is 19.4 Å². The minimum Gasteiger partial charge on any atom is -0.493 e. The average molecular weight is 396 g/mol. The predicted molar refractivity (Wildman–Crippen MR) is 96.6 cm³/mol. The molecule has 0 spiro atoms. The first-order valence-electron chi connectivity index (χ1n) is 8.56. The molecule has 0 unspecified atom stereocenters. The molecule has 1 aromatic carbocycles. The second-order valence-electron chi connectivity index (χ2n) is 6.15. The number of aliphatic hydroxyl groups excluding tert-OH is 2. The van der Waals surface area contributed by atoms with Gasteiger partial charge in [0, 0.05) is 13.0 Å². The third kappa shape index (κ3) is 5.22. The topological polar surface area (TPSA) is 121 Å². The highest BCUT2D eigenvalue weighted by Gasteiger charge is 2.46. The van der Waals surface area contributed by atoms with Gasteiger partial charge < -0.3 is 33.9 Å². The van der Waals surface area contributed by atoms with Crippen molar-refractivity contribution in [3.8, 4) is 11.5 Å². The molecular weight excluding hydrogens is 372 g/mol. The van der Waals surface area contributed by atoms with Crippen molar-refractivity contribution in [2.45, 2.75) is 44.6 Å². The number of hydrogen-bond acceptors (Lipinski definition) is 9. The van der Waals surface area contributed by atoms with Crippen LogP contribution in [0, 0.1) is 0 Å². The maximum atomic E-state index is 12.2. The molecule has 0 amide bonds. The lowest BCUT2D eigenvalue weighted by atomic mass is 9.99. The Kier molecular flexibility index (Phi) is 7.38. The highest BCUT2D eigenvalue weighted by molar-refractivity contribution is 5.87. The van der Waals surface area contributed by atoms with Crippen molar-refractivity contribution in [3.63, 3.8) is 0 Å². The summed E-state index contributed by atoms with van der Waals surface area (Å²) in [5.74, 6) is -0.401. The first-order valence-corrected chi connectivity index (χ1v) is 8.56. The number of hydrogen-bond donors (Lipinski definition) is 2. The molecule has 28 heavy (non-hydrogen) atoms. The smallest absolute Gasteiger partial charge is 0.331 e. The number of ether oxygens (including phenoxy) is 5. The van der Waals surface area contributed by atoms with Crippen molar-refractivity contribution >= 4 is 18.0 Å². The Balaban J connectivity index is 2.06. The number of rotatable bonds is 6. The zero-order valence-corrected chi connectivity index (χ0v) is 16.0. The van der Waals surface area contributed by atoms with Gasteiger partial charge in [-0.25, -0.2) is 4.79 Å². The third-order valence-electron chi connectivity index (χ3n) is 4.14. The summed E-state index contributed by atoms with van der Waals surface area (Å²) >= 11 is 0. The Labute approximate surface area is 162 Å². The monoisotopic (exact) mass is 396 g/mol. The molecule has 1 aliphatic rings. The zero-order chi connectivity index (χ0) is 20.8. The van der Waals surface area contributed by atoms with E-state index >= 15 is 0 Å². The van der Waals surface area contributed by atoms with E-state index in [9.17, 15) is 19.8 Å².